The third-order valence-corrected chi connectivity index (χ3v) is 4.00. The van der Waals surface area contributed by atoms with E-state index in [2.05, 4.69) is 43.9 Å². The summed E-state index contributed by atoms with van der Waals surface area (Å²) in [5, 5.41) is 0. The number of hydrogen-bond acceptors (Lipinski definition) is 2. The summed E-state index contributed by atoms with van der Waals surface area (Å²) < 4.78 is 0. The Morgan fingerprint density at radius 3 is 2.65 bits per heavy atom. The van der Waals surface area contributed by atoms with Gasteiger partial charge < -0.3 is 10.6 Å². The van der Waals surface area contributed by atoms with E-state index in [1.54, 1.807) is 0 Å². The van der Waals surface area contributed by atoms with Crippen LogP contribution in [0.4, 0.5) is 5.69 Å². The molecule has 1 aliphatic heterocycles. The van der Waals surface area contributed by atoms with Gasteiger partial charge >= 0.3 is 0 Å². The lowest BCUT2D eigenvalue weighted by molar-refractivity contribution is 0.368. The Bertz CT molecular complexity index is 387. The largest absolute Gasteiger partial charge is 0.370 e. The van der Waals surface area contributed by atoms with Gasteiger partial charge in [-0.1, -0.05) is 19.4 Å². The predicted molar refractivity (Wildman–Crippen MR) is 74.5 cm³/mol. The van der Waals surface area contributed by atoms with Crippen LogP contribution in [0.3, 0.4) is 0 Å². The van der Waals surface area contributed by atoms with Gasteiger partial charge in [-0.05, 0) is 49.4 Å². The molecular weight excluding hydrogens is 208 g/mol. The Labute approximate surface area is 105 Å². The van der Waals surface area contributed by atoms with E-state index in [1.165, 1.54) is 29.7 Å². The van der Waals surface area contributed by atoms with Crippen LogP contribution in [0.1, 0.15) is 30.9 Å². The molecule has 2 unspecified atom stereocenters. The zero-order valence-electron chi connectivity index (χ0n) is 11.2. The summed E-state index contributed by atoms with van der Waals surface area (Å²) >= 11 is 0. The van der Waals surface area contributed by atoms with E-state index in [-0.39, 0.29) is 0 Å². The number of anilines is 1. The number of nitrogens with two attached hydrogens (primary N) is 1. The van der Waals surface area contributed by atoms with Crippen molar-refractivity contribution in [1.29, 1.82) is 0 Å². The van der Waals surface area contributed by atoms with E-state index < -0.39 is 0 Å². The van der Waals surface area contributed by atoms with Gasteiger partial charge in [-0.15, -0.1) is 0 Å². The lowest BCUT2D eigenvalue weighted by atomic mass is 9.92. The molecule has 0 saturated carbocycles. The Morgan fingerprint density at radius 1 is 1.24 bits per heavy atom. The fourth-order valence-electron chi connectivity index (χ4n) is 2.68. The molecule has 1 fully saturated rings. The van der Waals surface area contributed by atoms with Crippen LogP contribution >= 0.6 is 0 Å². The van der Waals surface area contributed by atoms with Crippen molar-refractivity contribution in [1.82, 2.24) is 0 Å². The summed E-state index contributed by atoms with van der Waals surface area (Å²) in [6, 6.07) is 7.06. The van der Waals surface area contributed by atoms with Crippen LogP contribution in [0.25, 0.3) is 0 Å². The average Bonchev–Trinajstić information content (AvgIpc) is 2.32. The van der Waals surface area contributed by atoms with Gasteiger partial charge in [-0.2, -0.15) is 0 Å². The van der Waals surface area contributed by atoms with Crippen LogP contribution in [-0.2, 0) is 0 Å². The molecule has 0 amide bonds. The second-order valence-corrected chi connectivity index (χ2v) is 5.44. The number of nitrogens with zero attached hydrogens (tertiary/aromatic N) is 1. The Balaban J connectivity index is 2.17. The van der Waals surface area contributed by atoms with Gasteiger partial charge in [0.1, 0.15) is 0 Å². The highest BCUT2D eigenvalue weighted by Crippen LogP contribution is 2.25. The van der Waals surface area contributed by atoms with Crippen molar-refractivity contribution in [2.75, 3.05) is 18.0 Å². The zero-order chi connectivity index (χ0) is 12.4. The molecule has 2 rings (SSSR count). The third kappa shape index (κ3) is 2.81. The molecule has 94 valence electrons. The number of rotatable bonds is 2. The number of aryl methyl sites for hydroxylation is 2. The monoisotopic (exact) mass is 232 g/mol. The van der Waals surface area contributed by atoms with Gasteiger partial charge in [0.05, 0.1) is 0 Å². The van der Waals surface area contributed by atoms with Crippen molar-refractivity contribution in [2.24, 2.45) is 11.7 Å². The van der Waals surface area contributed by atoms with Crippen LogP contribution < -0.4 is 10.6 Å². The third-order valence-electron chi connectivity index (χ3n) is 4.00. The minimum absolute atomic E-state index is 0.329. The molecule has 1 aromatic rings. The maximum absolute atomic E-state index is 6.15. The quantitative estimate of drug-likeness (QED) is 0.849. The highest BCUT2D eigenvalue weighted by Gasteiger charge is 2.24. The molecule has 2 N–H and O–H groups in total. The lowest BCUT2D eigenvalue weighted by Gasteiger charge is -2.37. The normalized spacial score (nSPS) is 25.1. The van der Waals surface area contributed by atoms with Crippen molar-refractivity contribution in [3.8, 4) is 0 Å². The second-order valence-electron chi connectivity index (χ2n) is 5.44. The number of piperidine rings is 1. The molecule has 2 nitrogen and oxygen atoms in total. The lowest BCUT2D eigenvalue weighted by Crippen LogP contribution is -2.47. The van der Waals surface area contributed by atoms with Crippen LogP contribution in [-0.4, -0.2) is 19.1 Å². The molecule has 0 aromatic heterocycles. The summed E-state index contributed by atoms with van der Waals surface area (Å²) in [5.74, 6) is 0.750. The predicted octanol–water partition coefficient (Wildman–Crippen LogP) is 2.87. The van der Waals surface area contributed by atoms with Gasteiger partial charge in [-0.3, -0.25) is 0 Å². The van der Waals surface area contributed by atoms with Gasteiger partial charge in [-0.25, -0.2) is 0 Å². The van der Waals surface area contributed by atoms with Crippen molar-refractivity contribution in [3.63, 3.8) is 0 Å². The van der Waals surface area contributed by atoms with Crippen molar-refractivity contribution in [3.05, 3.63) is 29.3 Å². The van der Waals surface area contributed by atoms with Crippen molar-refractivity contribution in [2.45, 2.75) is 39.7 Å². The molecule has 2 atom stereocenters. The fourth-order valence-corrected chi connectivity index (χ4v) is 2.68. The Hall–Kier alpha value is -1.02. The molecular formula is C15H24N2. The maximum Gasteiger partial charge on any atom is 0.0369 e. The van der Waals surface area contributed by atoms with E-state index in [0.717, 1.165) is 19.0 Å². The van der Waals surface area contributed by atoms with Gasteiger partial charge in [0.25, 0.3) is 0 Å². The summed E-state index contributed by atoms with van der Waals surface area (Å²) in [4.78, 5) is 2.45. The molecule has 0 radical (unpaired) electrons. The standard InChI is InChI=1S/C15H24N2/c1-4-13-8-14(16)10-17(9-13)15-6-5-11(2)12(3)7-15/h5-7,13-14H,4,8-10,16H2,1-3H3. The number of hydrogen-bond donors (Lipinski definition) is 1. The molecule has 17 heavy (non-hydrogen) atoms. The second kappa shape index (κ2) is 5.09. The summed E-state index contributed by atoms with van der Waals surface area (Å²) in [7, 11) is 0. The van der Waals surface area contributed by atoms with Crippen LogP contribution in [0.5, 0.6) is 0 Å². The topological polar surface area (TPSA) is 29.3 Å². The van der Waals surface area contributed by atoms with Crippen LogP contribution in [0, 0.1) is 19.8 Å². The highest BCUT2D eigenvalue weighted by molar-refractivity contribution is 5.51. The minimum Gasteiger partial charge on any atom is -0.370 e. The average molecular weight is 232 g/mol. The molecule has 1 heterocycles. The Morgan fingerprint density at radius 2 is 2.00 bits per heavy atom. The highest BCUT2D eigenvalue weighted by atomic mass is 15.2. The molecule has 2 heteroatoms. The minimum atomic E-state index is 0.329. The number of benzene rings is 1. The molecule has 0 aliphatic carbocycles. The molecule has 1 saturated heterocycles. The van der Waals surface area contributed by atoms with E-state index in [9.17, 15) is 0 Å². The molecule has 1 aliphatic rings. The summed E-state index contributed by atoms with van der Waals surface area (Å²) in [6.45, 7) is 8.77. The first-order chi connectivity index (χ1) is 8.10. The van der Waals surface area contributed by atoms with Crippen molar-refractivity contribution >= 4 is 5.69 Å². The van der Waals surface area contributed by atoms with E-state index >= 15 is 0 Å². The first-order valence-electron chi connectivity index (χ1n) is 6.68. The smallest absolute Gasteiger partial charge is 0.0369 e. The van der Waals surface area contributed by atoms with Crippen LogP contribution in [0.15, 0.2) is 18.2 Å². The summed E-state index contributed by atoms with van der Waals surface area (Å²) in [6.07, 6.45) is 2.41. The van der Waals surface area contributed by atoms with E-state index in [0.29, 0.717) is 6.04 Å². The van der Waals surface area contributed by atoms with Gasteiger partial charge in [0, 0.05) is 24.8 Å². The van der Waals surface area contributed by atoms with Gasteiger partial charge in [0.2, 0.25) is 0 Å². The molecule has 0 bridgehead atoms. The first-order valence-corrected chi connectivity index (χ1v) is 6.68. The van der Waals surface area contributed by atoms with Gasteiger partial charge in [0.15, 0.2) is 0 Å². The SMILES string of the molecule is CCC1CC(N)CN(c2ccc(C)c(C)c2)C1. The Kier molecular flexibility index (Phi) is 3.72. The molecule has 1 aromatic carbocycles. The molecule has 0 spiro atoms. The maximum atomic E-state index is 6.15. The first kappa shape index (κ1) is 12.4. The zero-order valence-corrected chi connectivity index (χ0v) is 11.2. The van der Waals surface area contributed by atoms with E-state index in [1.807, 2.05) is 0 Å². The fraction of sp³-hybridized carbons (Fsp3) is 0.600. The van der Waals surface area contributed by atoms with E-state index in [4.69, 9.17) is 5.73 Å². The summed E-state index contributed by atoms with van der Waals surface area (Å²) in [5.41, 5.74) is 10.2. The van der Waals surface area contributed by atoms with Crippen molar-refractivity contribution < 1.29 is 0 Å². The van der Waals surface area contributed by atoms with Crippen LogP contribution in [0.2, 0.25) is 0 Å².